The lowest BCUT2D eigenvalue weighted by molar-refractivity contribution is 0.764. The summed E-state index contributed by atoms with van der Waals surface area (Å²) in [5.74, 6) is 2.66. The van der Waals surface area contributed by atoms with Crippen LogP contribution in [0.1, 0.15) is 29.8 Å². The zero-order chi connectivity index (χ0) is 12.1. The van der Waals surface area contributed by atoms with E-state index in [0.29, 0.717) is 6.04 Å². The Bertz CT molecular complexity index is 508. The van der Waals surface area contributed by atoms with Gasteiger partial charge in [-0.2, -0.15) is 0 Å². The molecule has 86 valence electrons. The minimum atomic E-state index is 0.364. The Hall–Kier alpha value is -1.72. The van der Waals surface area contributed by atoms with Gasteiger partial charge in [0, 0.05) is 16.1 Å². The van der Waals surface area contributed by atoms with Crippen molar-refractivity contribution in [1.29, 1.82) is 0 Å². The van der Waals surface area contributed by atoms with E-state index >= 15 is 0 Å². The van der Waals surface area contributed by atoms with Gasteiger partial charge in [0.2, 0.25) is 0 Å². The molecule has 1 unspecified atom stereocenters. The highest BCUT2D eigenvalue weighted by molar-refractivity contribution is 7.10. The fraction of sp³-hybridized carbons (Fsp3) is 0.200. The Labute approximate surface area is 107 Å². The molecule has 2 heteroatoms. The number of terminal acetylenes is 1. The van der Waals surface area contributed by atoms with Gasteiger partial charge in [-0.05, 0) is 36.1 Å². The molecular formula is C15H15NS. The molecule has 2 rings (SSSR count). The third-order valence-electron chi connectivity index (χ3n) is 2.67. The van der Waals surface area contributed by atoms with Crippen molar-refractivity contribution in [3.63, 3.8) is 0 Å². The molecule has 0 aliphatic heterocycles. The average Bonchev–Trinajstić information content (AvgIpc) is 2.90. The van der Waals surface area contributed by atoms with Gasteiger partial charge in [-0.25, -0.2) is 0 Å². The van der Waals surface area contributed by atoms with Gasteiger partial charge in [-0.3, -0.25) is 0 Å². The summed E-state index contributed by atoms with van der Waals surface area (Å²) in [5.41, 5.74) is 2.00. The predicted molar refractivity (Wildman–Crippen MR) is 75.4 cm³/mol. The molecule has 1 nitrogen and oxygen atoms in total. The maximum absolute atomic E-state index is 5.40. The highest BCUT2D eigenvalue weighted by Gasteiger charge is 2.09. The first-order valence-electron chi connectivity index (χ1n) is 5.70. The van der Waals surface area contributed by atoms with Crippen LogP contribution in [0.25, 0.3) is 0 Å². The zero-order valence-electron chi connectivity index (χ0n) is 9.81. The molecule has 0 aliphatic carbocycles. The van der Waals surface area contributed by atoms with E-state index in [4.69, 9.17) is 6.42 Å². The van der Waals surface area contributed by atoms with Crippen LogP contribution >= 0.6 is 11.3 Å². The molecule has 1 aromatic carbocycles. The summed E-state index contributed by atoms with van der Waals surface area (Å²) in [6.45, 7) is 2.18. The van der Waals surface area contributed by atoms with E-state index in [1.54, 1.807) is 11.3 Å². The minimum absolute atomic E-state index is 0.364. The topological polar surface area (TPSA) is 12.0 Å². The predicted octanol–water partition coefficient (Wildman–Crippen LogP) is 4.29. The molecule has 1 aromatic heterocycles. The number of nitrogens with one attached hydrogen (secondary N) is 1. The van der Waals surface area contributed by atoms with Gasteiger partial charge >= 0.3 is 0 Å². The maximum atomic E-state index is 5.40. The number of thiophene rings is 1. The first-order valence-corrected chi connectivity index (χ1v) is 6.58. The smallest absolute Gasteiger partial charge is 0.0604 e. The number of hydrogen-bond acceptors (Lipinski definition) is 2. The van der Waals surface area contributed by atoms with Crippen LogP contribution in [-0.4, -0.2) is 0 Å². The molecule has 1 N–H and O–H groups in total. The monoisotopic (exact) mass is 241 g/mol. The Morgan fingerprint density at radius 1 is 1.35 bits per heavy atom. The van der Waals surface area contributed by atoms with E-state index < -0.39 is 0 Å². The summed E-state index contributed by atoms with van der Waals surface area (Å²) in [6.07, 6.45) is 6.46. The SMILES string of the molecule is C#Cc1cccc(NC(CC)c2cccs2)c1. The molecular weight excluding hydrogens is 226 g/mol. The molecule has 0 bridgehead atoms. The molecule has 0 saturated heterocycles. The highest BCUT2D eigenvalue weighted by atomic mass is 32.1. The van der Waals surface area contributed by atoms with Crippen LogP contribution < -0.4 is 5.32 Å². The largest absolute Gasteiger partial charge is 0.377 e. The third kappa shape index (κ3) is 2.89. The van der Waals surface area contributed by atoms with E-state index in [1.807, 2.05) is 18.2 Å². The molecule has 0 amide bonds. The van der Waals surface area contributed by atoms with Crippen molar-refractivity contribution in [2.75, 3.05) is 5.32 Å². The fourth-order valence-corrected chi connectivity index (χ4v) is 2.63. The van der Waals surface area contributed by atoms with Crippen molar-refractivity contribution in [2.24, 2.45) is 0 Å². The van der Waals surface area contributed by atoms with Gasteiger partial charge < -0.3 is 5.32 Å². The second-order valence-electron chi connectivity index (χ2n) is 3.85. The summed E-state index contributed by atoms with van der Waals surface area (Å²) in [6, 6.07) is 12.6. The summed E-state index contributed by atoms with van der Waals surface area (Å²) in [7, 11) is 0. The Balaban J connectivity index is 2.16. The molecule has 17 heavy (non-hydrogen) atoms. The molecule has 0 spiro atoms. The molecule has 0 fully saturated rings. The van der Waals surface area contributed by atoms with Crippen LogP contribution in [0.2, 0.25) is 0 Å². The van der Waals surface area contributed by atoms with Gasteiger partial charge in [-0.15, -0.1) is 17.8 Å². The van der Waals surface area contributed by atoms with Gasteiger partial charge in [0.05, 0.1) is 6.04 Å². The fourth-order valence-electron chi connectivity index (χ4n) is 1.76. The van der Waals surface area contributed by atoms with Crippen LogP contribution in [0, 0.1) is 12.3 Å². The Morgan fingerprint density at radius 2 is 2.24 bits per heavy atom. The Kier molecular flexibility index (Phi) is 3.85. The van der Waals surface area contributed by atoms with E-state index in [1.165, 1.54) is 4.88 Å². The maximum Gasteiger partial charge on any atom is 0.0604 e. The lowest BCUT2D eigenvalue weighted by Crippen LogP contribution is -2.07. The van der Waals surface area contributed by atoms with Gasteiger partial charge in [0.25, 0.3) is 0 Å². The minimum Gasteiger partial charge on any atom is -0.377 e. The quantitative estimate of drug-likeness (QED) is 0.787. The van der Waals surface area contributed by atoms with Crippen molar-refractivity contribution in [2.45, 2.75) is 19.4 Å². The summed E-state index contributed by atoms with van der Waals surface area (Å²) in [4.78, 5) is 1.36. The van der Waals surface area contributed by atoms with E-state index in [0.717, 1.165) is 17.7 Å². The average molecular weight is 241 g/mol. The van der Waals surface area contributed by atoms with Crippen molar-refractivity contribution in [1.82, 2.24) is 0 Å². The lowest BCUT2D eigenvalue weighted by atomic mass is 10.1. The van der Waals surface area contributed by atoms with E-state index in [-0.39, 0.29) is 0 Å². The molecule has 0 aliphatic rings. The van der Waals surface area contributed by atoms with Crippen molar-refractivity contribution >= 4 is 17.0 Å². The lowest BCUT2D eigenvalue weighted by Gasteiger charge is -2.17. The van der Waals surface area contributed by atoms with Crippen molar-refractivity contribution in [3.05, 3.63) is 52.2 Å². The first kappa shape index (κ1) is 11.8. The number of hydrogen-bond donors (Lipinski definition) is 1. The molecule has 1 heterocycles. The first-order chi connectivity index (χ1) is 8.33. The van der Waals surface area contributed by atoms with Crippen LogP contribution in [0.3, 0.4) is 0 Å². The van der Waals surface area contributed by atoms with Gasteiger partial charge in [0.15, 0.2) is 0 Å². The number of anilines is 1. The summed E-state index contributed by atoms with van der Waals surface area (Å²) < 4.78 is 0. The van der Waals surface area contributed by atoms with Crippen molar-refractivity contribution in [3.8, 4) is 12.3 Å². The second kappa shape index (κ2) is 5.56. The zero-order valence-corrected chi connectivity index (χ0v) is 10.6. The van der Waals surface area contributed by atoms with Crippen molar-refractivity contribution < 1.29 is 0 Å². The molecule has 2 aromatic rings. The van der Waals surface area contributed by atoms with Crippen LogP contribution in [-0.2, 0) is 0 Å². The number of rotatable bonds is 4. The van der Waals surface area contributed by atoms with Crippen LogP contribution in [0.4, 0.5) is 5.69 Å². The third-order valence-corrected chi connectivity index (χ3v) is 3.65. The Morgan fingerprint density at radius 3 is 2.88 bits per heavy atom. The van der Waals surface area contributed by atoms with Gasteiger partial charge in [0.1, 0.15) is 0 Å². The standard InChI is InChI=1S/C15H15NS/c1-3-12-7-5-8-13(11-12)16-14(4-2)15-9-6-10-17-15/h1,5-11,14,16H,4H2,2H3. The normalized spacial score (nSPS) is 11.8. The summed E-state index contributed by atoms with van der Waals surface area (Å²) >= 11 is 1.78. The van der Waals surface area contributed by atoms with Crippen LogP contribution in [0.5, 0.6) is 0 Å². The van der Waals surface area contributed by atoms with Gasteiger partial charge in [-0.1, -0.05) is 25.0 Å². The summed E-state index contributed by atoms with van der Waals surface area (Å²) in [5, 5.41) is 5.63. The number of benzene rings is 1. The molecule has 1 atom stereocenters. The van der Waals surface area contributed by atoms with E-state index in [2.05, 4.69) is 41.7 Å². The van der Waals surface area contributed by atoms with Crippen LogP contribution in [0.15, 0.2) is 41.8 Å². The molecule has 0 saturated carbocycles. The molecule has 0 radical (unpaired) electrons. The second-order valence-corrected chi connectivity index (χ2v) is 4.83. The van der Waals surface area contributed by atoms with E-state index in [9.17, 15) is 0 Å². The highest BCUT2D eigenvalue weighted by Crippen LogP contribution is 2.26.